The lowest BCUT2D eigenvalue weighted by Crippen LogP contribution is -2.47. The van der Waals surface area contributed by atoms with Gasteiger partial charge in [-0.2, -0.15) is 0 Å². The van der Waals surface area contributed by atoms with E-state index in [0.717, 1.165) is 31.4 Å². The summed E-state index contributed by atoms with van der Waals surface area (Å²) >= 11 is 0. The molecule has 2 amide bonds. The molecule has 0 spiro atoms. The van der Waals surface area contributed by atoms with Crippen LogP contribution in [0, 0.1) is 5.41 Å². The second-order valence-electron chi connectivity index (χ2n) is 8.19. The Kier molecular flexibility index (Phi) is 6.31. The molecule has 1 saturated carbocycles. The van der Waals surface area contributed by atoms with Gasteiger partial charge in [0, 0.05) is 36.9 Å². The van der Waals surface area contributed by atoms with Crippen molar-refractivity contribution in [2.75, 3.05) is 13.1 Å². The van der Waals surface area contributed by atoms with Crippen LogP contribution in [0.4, 0.5) is 0 Å². The maximum Gasteiger partial charge on any atom is 0.242 e. The highest BCUT2D eigenvalue weighted by atomic mass is 16.2. The first-order chi connectivity index (χ1) is 11.7. The minimum Gasteiger partial charge on any atom is -0.353 e. The van der Waals surface area contributed by atoms with Crippen molar-refractivity contribution in [2.45, 2.75) is 66.0 Å². The van der Waals surface area contributed by atoms with Crippen molar-refractivity contribution in [1.29, 1.82) is 0 Å². The number of aromatic nitrogens is 1. The molecule has 1 aliphatic carbocycles. The Morgan fingerprint density at radius 2 is 1.96 bits per heavy atom. The summed E-state index contributed by atoms with van der Waals surface area (Å²) in [6.07, 6.45) is 6.08. The lowest BCUT2D eigenvalue weighted by atomic mass is 9.94. The van der Waals surface area contributed by atoms with Crippen LogP contribution in [-0.4, -0.2) is 45.3 Å². The average molecular weight is 348 g/mol. The second kappa shape index (κ2) is 8.07. The van der Waals surface area contributed by atoms with E-state index in [4.69, 9.17) is 0 Å². The molecule has 2 rings (SSSR count). The smallest absolute Gasteiger partial charge is 0.242 e. The van der Waals surface area contributed by atoms with Gasteiger partial charge in [0.2, 0.25) is 11.8 Å². The molecule has 1 fully saturated rings. The van der Waals surface area contributed by atoms with Crippen LogP contribution >= 0.6 is 0 Å². The van der Waals surface area contributed by atoms with Crippen molar-refractivity contribution in [3.05, 3.63) is 24.0 Å². The standard InChI is InChI=1S/C20H33N3O2/c1-6-7-13-22(19(25)20(2,3)4)15-18(24)23(16-10-11-16)14-17-9-8-12-21(17)5/h8-9,12,16H,6-7,10-11,13-15H2,1-5H3. The quantitative estimate of drug-likeness (QED) is 0.725. The molecule has 1 aromatic heterocycles. The van der Waals surface area contributed by atoms with Gasteiger partial charge in [0.1, 0.15) is 0 Å². The normalized spacial score (nSPS) is 14.4. The first kappa shape index (κ1) is 19.5. The lowest BCUT2D eigenvalue weighted by Gasteiger charge is -2.31. The SMILES string of the molecule is CCCCN(CC(=O)N(Cc1cccn1C)C1CC1)C(=O)C(C)(C)C. The zero-order valence-corrected chi connectivity index (χ0v) is 16.4. The third-order valence-electron chi connectivity index (χ3n) is 4.73. The fraction of sp³-hybridized carbons (Fsp3) is 0.700. The van der Waals surface area contributed by atoms with Gasteiger partial charge in [-0.25, -0.2) is 0 Å². The summed E-state index contributed by atoms with van der Waals surface area (Å²) < 4.78 is 2.05. The Hall–Kier alpha value is -1.78. The Bertz CT molecular complexity index is 596. The third kappa shape index (κ3) is 5.35. The fourth-order valence-corrected chi connectivity index (χ4v) is 2.97. The van der Waals surface area contributed by atoms with Crippen molar-refractivity contribution in [2.24, 2.45) is 12.5 Å². The number of carbonyl (C=O) groups is 2. The van der Waals surface area contributed by atoms with E-state index in [1.807, 2.05) is 45.0 Å². The first-order valence-corrected chi connectivity index (χ1v) is 9.43. The van der Waals surface area contributed by atoms with E-state index in [1.165, 1.54) is 0 Å². The molecular weight excluding hydrogens is 314 g/mol. The van der Waals surface area contributed by atoms with E-state index in [1.54, 1.807) is 4.90 Å². The molecule has 1 heterocycles. The Morgan fingerprint density at radius 3 is 2.44 bits per heavy atom. The number of carbonyl (C=O) groups excluding carboxylic acids is 2. The van der Waals surface area contributed by atoms with Gasteiger partial charge in [-0.05, 0) is 31.4 Å². The third-order valence-corrected chi connectivity index (χ3v) is 4.73. The Morgan fingerprint density at radius 1 is 1.28 bits per heavy atom. The highest BCUT2D eigenvalue weighted by Gasteiger charge is 2.35. The van der Waals surface area contributed by atoms with E-state index in [-0.39, 0.29) is 18.4 Å². The van der Waals surface area contributed by atoms with Crippen molar-refractivity contribution in [1.82, 2.24) is 14.4 Å². The van der Waals surface area contributed by atoms with Crippen LogP contribution in [0.15, 0.2) is 18.3 Å². The highest BCUT2D eigenvalue weighted by Crippen LogP contribution is 2.29. The number of rotatable bonds is 8. The molecule has 0 aliphatic heterocycles. The molecule has 0 radical (unpaired) electrons. The first-order valence-electron chi connectivity index (χ1n) is 9.43. The van der Waals surface area contributed by atoms with Crippen molar-refractivity contribution in [3.63, 3.8) is 0 Å². The number of nitrogens with zero attached hydrogens (tertiary/aromatic N) is 3. The molecule has 140 valence electrons. The summed E-state index contributed by atoms with van der Waals surface area (Å²) in [6.45, 7) is 9.33. The topological polar surface area (TPSA) is 45.6 Å². The average Bonchev–Trinajstić information content (AvgIpc) is 3.30. The number of amides is 2. The maximum atomic E-state index is 13.0. The van der Waals surface area contributed by atoms with Crippen LogP contribution in [-0.2, 0) is 23.2 Å². The number of hydrogen-bond donors (Lipinski definition) is 0. The molecule has 25 heavy (non-hydrogen) atoms. The van der Waals surface area contributed by atoms with E-state index in [9.17, 15) is 9.59 Å². The molecule has 1 aliphatic rings. The van der Waals surface area contributed by atoms with Gasteiger partial charge < -0.3 is 14.4 Å². The van der Waals surface area contributed by atoms with Crippen molar-refractivity contribution in [3.8, 4) is 0 Å². The molecule has 0 aromatic carbocycles. The van der Waals surface area contributed by atoms with Gasteiger partial charge in [-0.15, -0.1) is 0 Å². The Balaban J connectivity index is 2.08. The molecule has 0 bridgehead atoms. The van der Waals surface area contributed by atoms with Crippen LogP contribution in [0.1, 0.15) is 59.1 Å². The minimum absolute atomic E-state index is 0.0592. The summed E-state index contributed by atoms with van der Waals surface area (Å²) in [5, 5.41) is 0. The van der Waals surface area contributed by atoms with Gasteiger partial charge in [0.05, 0.1) is 13.1 Å². The van der Waals surface area contributed by atoms with Crippen molar-refractivity contribution >= 4 is 11.8 Å². The number of hydrogen-bond acceptors (Lipinski definition) is 2. The molecule has 0 atom stereocenters. The molecule has 1 aromatic rings. The molecule has 5 nitrogen and oxygen atoms in total. The van der Waals surface area contributed by atoms with E-state index < -0.39 is 5.41 Å². The molecule has 5 heteroatoms. The highest BCUT2D eigenvalue weighted by molar-refractivity contribution is 5.87. The summed E-state index contributed by atoms with van der Waals surface area (Å²) in [5.41, 5.74) is 0.666. The number of unbranched alkanes of at least 4 members (excludes halogenated alkanes) is 1. The van der Waals surface area contributed by atoms with Crippen LogP contribution < -0.4 is 0 Å². The van der Waals surface area contributed by atoms with Crippen LogP contribution in [0.3, 0.4) is 0 Å². The number of aryl methyl sites for hydroxylation is 1. The summed E-state index contributed by atoms with van der Waals surface area (Å²) in [4.78, 5) is 29.4. The Labute approximate surface area is 152 Å². The van der Waals surface area contributed by atoms with Gasteiger partial charge in [0.15, 0.2) is 0 Å². The molecule has 0 saturated heterocycles. The van der Waals surface area contributed by atoms with E-state index >= 15 is 0 Å². The molecular formula is C20H33N3O2. The van der Waals surface area contributed by atoms with Crippen molar-refractivity contribution < 1.29 is 9.59 Å². The van der Waals surface area contributed by atoms with Gasteiger partial charge in [0.25, 0.3) is 0 Å². The van der Waals surface area contributed by atoms with E-state index in [0.29, 0.717) is 19.1 Å². The zero-order valence-electron chi connectivity index (χ0n) is 16.4. The van der Waals surface area contributed by atoms with Crippen LogP contribution in [0.25, 0.3) is 0 Å². The van der Waals surface area contributed by atoms with Gasteiger partial charge >= 0.3 is 0 Å². The zero-order chi connectivity index (χ0) is 18.6. The van der Waals surface area contributed by atoms with E-state index in [2.05, 4.69) is 17.6 Å². The van der Waals surface area contributed by atoms with Crippen LogP contribution in [0.2, 0.25) is 0 Å². The fourth-order valence-electron chi connectivity index (χ4n) is 2.97. The lowest BCUT2D eigenvalue weighted by molar-refractivity contribution is -0.146. The van der Waals surface area contributed by atoms with Crippen LogP contribution in [0.5, 0.6) is 0 Å². The minimum atomic E-state index is -0.462. The largest absolute Gasteiger partial charge is 0.353 e. The maximum absolute atomic E-state index is 13.0. The predicted octanol–water partition coefficient (Wildman–Crippen LogP) is 3.19. The monoisotopic (exact) mass is 347 g/mol. The summed E-state index contributed by atoms with van der Waals surface area (Å²) in [5.74, 6) is 0.126. The predicted molar refractivity (Wildman–Crippen MR) is 99.9 cm³/mol. The summed E-state index contributed by atoms with van der Waals surface area (Å²) in [6, 6.07) is 4.39. The van der Waals surface area contributed by atoms with Gasteiger partial charge in [-0.1, -0.05) is 34.1 Å². The summed E-state index contributed by atoms with van der Waals surface area (Å²) in [7, 11) is 2.00. The van der Waals surface area contributed by atoms with Gasteiger partial charge in [-0.3, -0.25) is 9.59 Å². The molecule has 0 unspecified atom stereocenters. The second-order valence-corrected chi connectivity index (χ2v) is 8.19. The molecule has 0 N–H and O–H groups in total.